The molecule has 0 saturated heterocycles. The number of nitrogens with one attached hydrogen (secondary N) is 2. The summed E-state index contributed by atoms with van der Waals surface area (Å²) in [7, 11) is 4.88. The number of rotatable bonds is 6. The summed E-state index contributed by atoms with van der Waals surface area (Å²) >= 11 is 5.79. The predicted octanol–water partition coefficient (Wildman–Crippen LogP) is 3.36. The number of halogens is 2. The van der Waals surface area contributed by atoms with Crippen LogP contribution in [0.1, 0.15) is 11.1 Å². The van der Waals surface area contributed by atoms with E-state index < -0.39 is 5.82 Å². The van der Waals surface area contributed by atoms with Gasteiger partial charge in [-0.05, 0) is 35.4 Å². The van der Waals surface area contributed by atoms with Crippen LogP contribution in [0.3, 0.4) is 0 Å². The zero-order valence-electron chi connectivity index (χ0n) is 14.4. The summed E-state index contributed by atoms with van der Waals surface area (Å²) in [6, 6.07) is 10.3. The van der Waals surface area contributed by atoms with Crippen molar-refractivity contribution in [3.8, 4) is 11.5 Å². The van der Waals surface area contributed by atoms with E-state index in [1.165, 1.54) is 6.07 Å². The average Bonchev–Trinajstić information content (AvgIpc) is 2.64. The van der Waals surface area contributed by atoms with Gasteiger partial charge in [-0.1, -0.05) is 23.7 Å². The molecule has 2 aromatic carbocycles. The Hall–Kier alpha value is -2.47. The molecule has 0 radical (unpaired) electrons. The molecule has 0 aliphatic rings. The molecule has 5 nitrogen and oxygen atoms in total. The number of hydrogen-bond donors (Lipinski definition) is 2. The molecule has 0 heterocycles. The third-order valence-electron chi connectivity index (χ3n) is 3.58. The highest BCUT2D eigenvalue weighted by molar-refractivity contribution is 6.30. The van der Waals surface area contributed by atoms with Gasteiger partial charge in [-0.15, -0.1) is 0 Å². The first-order chi connectivity index (χ1) is 12.1. The van der Waals surface area contributed by atoms with E-state index in [9.17, 15) is 4.39 Å². The zero-order valence-corrected chi connectivity index (χ0v) is 15.2. The Bertz CT molecular complexity index is 753. The Morgan fingerprint density at radius 1 is 1.00 bits per heavy atom. The number of aliphatic imine (C=N–C) groups is 1. The molecule has 2 rings (SSSR count). The van der Waals surface area contributed by atoms with Gasteiger partial charge in [0.2, 0.25) is 0 Å². The van der Waals surface area contributed by atoms with Gasteiger partial charge in [-0.25, -0.2) is 4.39 Å². The van der Waals surface area contributed by atoms with Gasteiger partial charge in [0.25, 0.3) is 0 Å². The maximum Gasteiger partial charge on any atom is 0.191 e. The highest BCUT2D eigenvalue weighted by Gasteiger charge is 2.06. The molecular formula is C18H21ClFN3O2. The summed E-state index contributed by atoms with van der Waals surface area (Å²) in [4.78, 5) is 4.17. The lowest BCUT2D eigenvalue weighted by Crippen LogP contribution is -2.36. The van der Waals surface area contributed by atoms with E-state index >= 15 is 0 Å². The van der Waals surface area contributed by atoms with Crippen molar-refractivity contribution in [2.45, 2.75) is 13.1 Å². The standard InChI is InChI=1S/C18H21ClFN3O2/c1-21-18(22-10-12-4-6-15(20)14(19)8-12)23-11-13-5-7-16(24-2)17(9-13)25-3/h4-9H,10-11H2,1-3H3,(H2,21,22,23). The Morgan fingerprint density at radius 3 is 2.16 bits per heavy atom. The van der Waals surface area contributed by atoms with E-state index in [1.54, 1.807) is 33.4 Å². The van der Waals surface area contributed by atoms with Crippen molar-refractivity contribution >= 4 is 17.6 Å². The van der Waals surface area contributed by atoms with Gasteiger partial charge in [0.05, 0.1) is 19.2 Å². The van der Waals surface area contributed by atoms with Crippen LogP contribution in [0.2, 0.25) is 5.02 Å². The van der Waals surface area contributed by atoms with E-state index in [2.05, 4.69) is 15.6 Å². The van der Waals surface area contributed by atoms with Crippen molar-refractivity contribution in [1.29, 1.82) is 0 Å². The number of methoxy groups -OCH3 is 2. The topological polar surface area (TPSA) is 54.9 Å². The summed E-state index contributed by atoms with van der Waals surface area (Å²) in [6.45, 7) is 1.04. The second kappa shape index (κ2) is 9.13. The fourth-order valence-electron chi connectivity index (χ4n) is 2.23. The van der Waals surface area contributed by atoms with E-state index in [1.807, 2.05) is 18.2 Å². The largest absolute Gasteiger partial charge is 0.493 e. The van der Waals surface area contributed by atoms with Gasteiger partial charge < -0.3 is 20.1 Å². The molecule has 2 aromatic rings. The van der Waals surface area contributed by atoms with Gasteiger partial charge in [0, 0.05) is 20.1 Å². The lowest BCUT2D eigenvalue weighted by molar-refractivity contribution is 0.354. The first-order valence-electron chi connectivity index (χ1n) is 7.66. The molecule has 0 unspecified atom stereocenters. The van der Waals surface area contributed by atoms with Crippen molar-refractivity contribution in [2.24, 2.45) is 4.99 Å². The summed E-state index contributed by atoms with van der Waals surface area (Å²) in [5.74, 6) is 1.55. The smallest absolute Gasteiger partial charge is 0.191 e. The van der Waals surface area contributed by atoms with Crippen LogP contribution < -0.4 is 20.1 Å². The normalized spacial score (nSPS) is 11.2. The number of hydrogen-bond acceptors (Lipinski definition) is 3. The summed E-state index contributed by atoms with van der Waals surface area (Å²) in [5, 5.41) is 6.47. The third kappa shape index (κ3) is 5.26. The van der Waals surface area contributed by atoms with Crippen LogP contribution in [0.4, 0.5) is 4.39 Å². The molecule has 0 amide bonds. The van der Waals surface area contributed by atoms with Gasteiger partial charge >= 0.3 is 0 Å². The number of benzene rings is 2. The van der Waals surface area contributed by atoms with Gasteiger partial charge in [0.1, 0.15) is 5.82 Å². The fourth-order valence-corrected chi connectivity index (χ4v) is 2.44. The van der Waals surface area contributed by atoms with E-state index in [-0.39, 0.29) is 5.02 Å². The SMILES string of the molecule is CN=C(NCc1ccc(F)c(Cl)c1)NCc1ccc(OC)c(OC)c1. The lowest BCUT2D eigenvalue weighted by Gasteiger charge is -2.14. The van der Waals surface area contributed by atoms with Crippen LogP contribution >= 0.6 is 11.6 Å². The van der Waals surface area contributed by atoms with Crippen LogP contribution in [0.5, 0.6) is 11.5 Å². The predicted molar refractivity (Wildman–Crippen MR) is 98.0 cm³/mol. The number of guanidine groups is 1. The van der Waals surface area contributed by atoms with Crippen molar-refractivity contribution < 1.29 is 13.9 Å². The number of ether oxygens (including phenoxy) is 2. The monoisotopic (exact) mass is 365 g/mol. The van der Waals surface area contributed by atoms with Crippen LogP contribution in [0.25, 0.3) is 0 Å². The van der Waals surface area contributed by atoms with Crippen LogP contribution in [-0.2, 0) is 13.1 Å². The van der Waals surface area contributed by atoms with Crippen molar-refractivity contribution in [2.75, 3.05) is 21.3 Å². The average molecular weight is 366 g/mol. The maximum atomic E-state index is 13.2. The zero-order chi connectivity index (χ0) is 18.2. The first kappa shape index (κ1) is 18.9. The molecule has 0 spiro atoms. The molecule has 0 aromatic heterocycles. The molecule has 0 aliphatic heterocycles. The first-order valence-corrected chi connectivity index (χ1v) is 8.04. The molecule has 0 bridgehead atoms. The highest BCUT2D eigenvalue weighted by Crippen LogP contribution is 2.27. The Kier molecular flexibility index (Phi) is 6.89. The van der Waals surface area contributed by atoms with Crippen molar-refractivity contribution in [3.05, 3.63) is 58.4 Å². The summed E-state index contributed by atoms with van der Waals surface area (Å²) in [6.07, 6.45) is 0. The molecule has 0 atom stereocenters. The Balaban J connectivity index is 1.93. The van der Waals surface area contributed by atoms with Gasteiger partial charge in [-0.3, -0.25) is 4.99 Å². The quantitative estimate of drug-likeness (QED) is 0.609. The molecular weight excluding hydrogens is 345 g/mol. The molecule has 7 heteroatoms. The van der Waals surface area contributed by atoms with Crippen molar-refractivity contribution in [3.63, 3.8) is 0 Å². The summed E-state index contributed by atoms with van der Waals surface area (Å²) in [5.41, 5.74) is 1.88. The minimum atomic E-state index is -0.429. The van der Waals surface area contributed by atoms with E-state index in [0.29, 0.717) is 30.5 Å². The van der Waals surface area contributed by atoms with E-state index in [0.717, 1.165) is 11.1 Å². The minimum absolute atomic E-state index is 0.104. The van der Waals surface area contributed by atoms with Crippen LogP contribution in [0.15, 0.2) is 41.4 Å². The molecule has 0 saturated carbocycles. The van der Waals surface area contributed by atoms with E-state index in [4.69, 9.17) is 21.1 Å². The number of nitrogens with zero attached hydrogens (tertiary/aromatic N) is 1. The molecule has 134 valence electrons. The fraction of sp³-hybridized carbons (Fsp3) is 0.278. The molecule has 0 fully saturated rings. The van der Waals surface area contributed by atoms with Gasteiger partial charge in [-0.2, -0.15) is 0 Å². The highest BCUT2D eigenvalue weighted by atomic mass is 35.5. The van der Waals surface area contributed by atoms with Gasteiger partial charge in [0.15, 0.2) is 17.5 Å². The maximum absolute atomic E-state index is 13.2. The third-order valence-corrected chi connectivity index (χ3v) is 3.87. The minimum Gasteiger partial charge on any atom is -0.493 e. The molecule has 2 N–H and O–H groups in total. The Morgan fingerprint density at radius 2 is 1.60 bits per heavy atom. The van der Waals surface area contributed by atoms with Crippen molar-refractivity contribution in [1.82, 2.24) is 10.6 Å². The Labute approximate surface area is 151 Å². The second-order valence-corrected chi connectivity index (χ2v) is 5.62. The molecule has 0 aliphatic carbocycles. The lowest BCUT2D eigenvalue weighted by atomic mass is 10.2. The second-order valence-electron chi connectivity index (χ2n) is 5.22. The molecule has 25 heavy (non-hydrogen) atoms. The van der Waals surface area contributed by atoms with Crippen LogP contribution in [0, 0.1) is 5.82 Å². The van der Waals surface area contributed by atoms with Crippen LogP contribution in [-0.4, -0.2) is 27.2 Å². The summed E-state index contributed by atoms with van der Waals surface area (Å²) < 4.78 is 23.7.